The maximum Gasteiger partial charge on any atom is 0.115 e. The van der Waals surface area contributed by atoms with Gasteiger partial charge in [0.2, 0.25) is 0 Å². The molecular formula is C13H9IO. The standard InChI is InChI=1S/C13H9IO/c14-10-1-3-12-8(6-10)5-9-7-11(15)2-4-13(9)12/h1-4,6-7,15H,5H2. The molecule has 0 atom stereocenters. The van der Waals surface area contributed by atoms with Crippen molar-refractivity contribution in [3.05, 3.63) is 51.1 Å². The Morgan fingerprint density at radius 2 is 1.60 bits per heavy atom. The van der Waals surface area contributed by atoms with E-state index in [4.69, 9.17) is 0 Å². The predicted octanol–water partition coefficient (Wildman–Crippen LogP) is 3.57. The summed E-state index contributed by atoms with van der Waals surface area (Å²) in [7, 11) is 0. The number of fused-ring (bicyclic) bond motifs is 3. The van der Waals surface area contributed by atoms with Crippen LogP contribution in [0.5, 0.6) is 5.75 Å². The minimum atomic E-state index is 0.358. The van der Waals surface area contributed by atoms with Crippen LogP contribution in [0.15, 0.2) is 36.4 Å². The third-order valence-corrected chi connectivity index (χ3v) is 3.50. The zero-order valence-corrected chi connectivity index (χ0v) is 10.2. The van der Waals surface area contributed by atoms with Crippen molar-refractivity contribution in [2.24, 2.45) is 0 Å². The molecule has 1 nitrogen and oxygen atoms in total. The molecule has 0 fully saturated rings. The van der Waals surface area contributed by atoms with Crippen molar-refractivity contribution in [3.8, 4) is 16.9 Å². The van der Waals surface area contributed by atoms with Crippen LogP contribution in [0.3, 0.4) is 0 Å². The third-order valence-electron chi connectivity index (χ3n) is 2.83. The van der Waals surface area contributed by atoms with E-state index in [9.17, 15) is 5.11 Å². The van der Waals surface area contributed by atoms with E-state index in [1.54, 1.807) is 6.07 Å². The summed E-state index contributed by atoms with van der Waals surface area (Å²) in [6.07, 6.45) is 0.940. The summed E-state index contributed by atoms with van der Waals surface area (Å²) in [5, 5.41) is 9.43. The molecule has 0 saturated heterocycles. The first-order chi connectivity index (χ1) is 7.24. The van der Waals surface area contributed by atoms with Gasteiger partial charge < -0.3 is 5.11 Å². The molecule has 2 aromatic rings. The highest BCUT2D eigenvalue weighted by Crippen LogP contribution is 2.38. The lowest BCUT2D eigenvalue weighted by molar-refractivity contribution is 0.475. The van der Waals surface area contributed by atoms with E-state index in [0.717, 1.165) is 6.42 Å². The zero-order valence-electron chi connectivity index (χ0n) is 8.00. The highest BCUT2D eigenvalue weighted by molar-refractivity contribution is 14.1. The fraction of sp³-hybridized carbons (Fsp3) is 0.0769. The van der Waals surface area contributed by atoms with Gasteiger partial charge in [0.25, 0.3) is 0 Å². The Labute approximate surface area is 102 Å². The zero-order chi connectivity index (χ0) is 10.4. The van der Waals surface area contributed by atoms with Crippen LogP contribution in [-0.2, 0) is 6.42 Å². The van der Waals surface area contributed by atoms with Gasteiger partial charge >= 0.3 is 0 Å². The maximum atomic E-state index is 9.43. The van der Waals surface area contributed by atoms with E-state index in [2.05, 4.69) is 40.8 Å². The molecule has 0 bridgehead atoms. The van der Waals surface area contributed by atoms with Crippen molar-refractivity contribution < 1.29 is 5.11 Å². The Morgan fingerprint density at radius 3 is 2.40 bits per heavy atom. The van der Waals surface area contributed by atoms with Crippen molar-refractivity contribution >= 4 is 22.6 Å². The molecule has 1 aliphatic rings. The lowest BCUT2D eigenvalue weighted by Gasteiger charge is -2.01. The van der Waals surface area contributed by atoms with Crippen LogP contribution in [0.25, 0.3) is 11.1 Å². The first-order valence-corrected chi connectivity index (χ1v) is 5.92. The number of benzene rings is 2. The number of halogens is 1. The number of hydrogen-bond acceptors (Lipinski definition) is 1. The molecule has 0 saturated carbocycles. The van der Waals surface area contributed by atoms with Gasteiger partial charge in [0.1, 0.15) is 5.75 Å². The minimum absolute atomic E-state index is 0.358. The van der Waals surface area contributed by atoms with Crippen LogP contribution in [0.1, 0.15) is 11.1 Å². The fourth-order valence-corrected chi connectivity index (χ4v) is 2.72. The molecule has 2 aromatic carbocycles. The summed E-state index contributed by atoms with van der Waals surface area (Å²) < 4.78 is 1.27. The molecule has 0 spiro atoms. The smallest absolute Gasteiger partial charge is 0.115 e. The van der Waals surface area contributed by atoms with Gasteiger partial charge in [0.15, 0.2) is 0 Å². The van der Waals surface area contributed by atoms with Gasteiger partial charge in [-0.2, -0.15) is 0 Å². The average Bonchev–Trinajstić information content (AvgIpc) is 2.53. The number of phenolic OH excluding ortho intramolecular Hbond substituents is 1. The second kappa shape index (κ2) is 3.23. The van der Waals surface area contributed by atoms with E-state index >= 15 is 0 Å². The van der Waals surface area contributed by atoms with Crippen molar-refractivity contribution in [2.75, 3.05) is 0 Å². The lowest BCUT2D eigenvalue weighted by Crippen LogP contribution is -1.80. The van der Waals surface area contributed by atoms with E-state index in [1.165, 1.54) is 25.8 Å². The fourth-order valence-electron chi connectivity index (χ4n) is 2.17. The first kappa shape index (κ1) is 9.21. The number of phenols is 1. The largest absolute Gasteiger partial charge is 0.508 e. The Kier molecular flexibility index (Phi) is 1.99. The summed E-state index contributed by atoms with van der Waals surface area (Å²) in [6.45, 7) is 0. The molecule has 0 amide bonds. The summed E-state index contributed by atoms with van der Waals surface area (Å²) in [6, 6.07) is 12.1. The molecule has 3 rings (SSSR count). The minimum Gasteiger partial charge on any atom is -0.508 e. The highest BCUT2D eigenvalue weighted by Gasteiger charge is 2.18. The third kappa shape index (κ3) is 1.44. The molecule has 1 aliphatic carbocycles. The number of aromatic hydroxyl groups is 1. The molecular weight excluding hydrogens is 299 g/mol. The second-order valence-corrected chi connectivity index (χ2v) is 5.07. The predicted molar refractivity (Wildman–Crippen MR) is 69.1 cm³/mol. The van der Waals surface area contributed by atoms with Gasteiger partial charge in [-0.3, -0.25) is 0 Å². The van der Waals surface area contributed by atoms with Crippen molar-refractivity contribution in [1.82, 2.24) is 0 Å². The normalized spacial score (nSPS) is 12.3. The average molecular weight is 308 g/mol. The Morgan fingerprint density at radius 1 is 0.933 bits per heavy atom. The Bertz CT molecular complexity index is 497. The van der Waals surface area contributed by atoms with Crippen molar-refractivity contribution in [2.45, 2.75) is 6.42 Å². The molecule has 0 heterocycles. The SMILES string of the molecule is Oc1ccc2c(c1)Cc1cc(I)ccc1-2. The van der Waals surface area contributed by atoms with Crippen molar-refractivity contribution in [3.63, 3.8) is 0 Å². The molecule has 0 radical (unpaired) electrons. The van der Waals surface area contributed by atoms with Gasteiger partial charge in [0.05, 0.1) is 0 Å². The lowest BCUT2D eigenvalue weighted by atomic mass is 10.1. The quantitative estimate of drug-likeness (QED) is 0.630. The Balaban J connectivity index is 2.24. The summed E-state index contributed by atoms with van der Waals surface area (Å²) in [5.74, 6) is 0.358. The summed E-state index contributed by atoms with van der Waals surface area (Å²) in [5.41, 5.74) is 5.17. The topological polar surface area (TPSA) is 20.2 Å². The van der Waals surface area contributed by atoms with E-state index in [1.807, 2.05) is 12.1 Å². The molecule has 0 aliphatic heterocycles. The van der Waals surface area contributed by atoms with Crippen LogP contribution >= 0.6 is 22.6 Å². The van der Waals surface area contributed by atoms with E-state index < -0.39 is 0 Å². The van der Waals surface area contributed by atoms with E-state index in [0.29, 0.717) is 5.75 Å². The number of rotatable bonds is 0. The maximum absolute atomic E-state index is 9.43. The second-order valence-electron chi connectivity index (χ2n) is 3.82. The van der Waals surface area contributed by atoms with Crippen LogP contribution in [0, 0.1) is 3.57 Å². The van der Waals surface area contributed by atoms with Crippen LogP contribution in [-0.4, -0.2) is 5.11 Å². The molecule has 74 valence electrons. The van der Waals surface area contributed by atoms with Gasteiger partial charge in [-0.15, -0.1) is 0 Å². The van der Waals surface area contributed by atoms with Crippen LogP contribution in [0.2, 0.25) is 0 Å². The summed E-state index contributed by atoms with van der Waals surface area (Å²) in [4.78, 5) is 0. The van der Waals surface area contributed by atoms with Gasteiger partial charge in [-0.25, -0.2) is 0 Å². The summed E-state index contributed by atoms with van der Waals surface area (Å²) >= 11 is 2.33. The van der Waals surface area contributed by atoms with Crippen LogP contribution < -0.4 is 0 Å². The molecule has 0 aromatic heterocycles. The molecule has 0 unspecified atom stereocenters. The molecule has 1 N–H and O–H groups in total. The van der Waals surface area contributed by atoms with Gasteiger partial charge in [-0.05, 0) is 75.5 Å². The van der Waals surface area contributed by atoms with Gasteiger partial charge in [0, 0.05) is 3.57 Å². The molecule has 2 heteroatoms. The Hall–Kier alpha value is -1.03. The van der Waals surface area contributed by atoms with Crippen LogP contribution in [0.4, 0.5) is 0 Å². The van der Waals surface area contributed by atoms with Crippen molar-refractivity contribution in [1.29, 1.82) is 0 Å². The monoisotopic (exact) mass is 308 g/mol. The molecule has 15 heavy (non-hydrogen) atoms. The van der Waals surface area contributed by atoms with Gasteiger partial charge in [-0.1, -0.05) is 12.1 Å². The first-order valence-electron chi connectivity index (χ1n) is 4.85. The van der Waals surface area contributed by atoms with E-state index in [-0.39, 0.29) is 0 Å². The highest BCUT2D eigenvalue weighted by atomic mass is 127. The number of hydrogen-bond donors (Lipinski definition) is 1.